The van der Waals surface area contributed by atoms with Crippen LogP contribution in [-0.2, 0) is 19.4 Å². The van der Waals surface area contributed by atoms with Gasteiger partial charge in [0.15, 0.2) is 15.9 Å². The molecule has 0 aliphatic heterocycles. The lowest BCUT2D eigenvalue weighted by Crippen LogP contribution is -2.40. The first-order valence-corrected chi connectivity index (χ1v) is 10.0. The molecule has 0 N–H and O–H groups in total. The third kappa shape index (κ3) is 4.49. The summed E-state index contributed by atoms with van der Waals surface area (Å²) < 4.78 is 28.9. The highest BCUT2D eigenvalue weighted by Crippen LogP contribution is 2.19. The summed E-state index contributed by atoms with van der Waals surface area (Å²) in [6.45, 7) is 3.69. The van der Waals surface area contributed by atoms with Crippen LogP contribution in [0.5, 0.6) is 0 Å². The minimum atomic E-state index is -3.59. The van der Waals surface area contributed by atoms with Crippen molar-refractivity contribution in [3.63, 3.8) is 0 Å². The van der Waals surface area contributed by atoms with Gasteiger partial charge in [-0.3, -0.25) is 4.79 Å². The molecule has 0 aliphatic rings. The molecule has 0 saturated heterocycles. The number of hydrogen-bond donors (Lipinski definition) is 0. The van der Waals surface area contributed by atoms with E-state index in [0.717, 1.165) is 6.26 Å². The molecule has 0 aromatic heterocycles. The van der Waals surface area contributed by atoms with Crippen molar-refractivity contribution >= 4 is 27.4 Å². The molecular formula is C19H21NO5S. The van der Waals surface area contributed by atoms with Gasteiger partial charge >= 0.3 is 5.97 Å². The second-order valence-corrected chi connectivity index (χ2v) is 7.72. The second kappa shape index (κ2) is 8.14. The van der Waals surface area contributed by atoms with Gasteiger partial charge in [-0.15, -0.1) is 0 Å². The monoisotopic (exact) mass is 375 g/mol. The number of nitrogens with zero attached hydrogens (tertiary/aromatic N) is 1. The zero-order chi connectivity index (χ0) is 19.3. The first kappa shape index (κ1) is 19.7. The highest BCUT2D eigenvalue weighted by atomic mass is 32.2. The van der Waals surface area contributed by atoms with Gasteiger partial charge in [0.1, 0.15) is 0 Å². The van der Waals surface area contributed by atoms with Crippen LogP contribution < -0.4 is 4.90 Å². The summed E-state index contributed by atoms with van der Waals surface area (Å²) >= 11 is 0. The third-order valence-corrected chi connectivity index (χ3v) is 4.94. The summed E-state index contributed by atoms with van der Waals surface area (Å²) in [5.74, 6) is -1.24. The number of esters is 1. The average molecular weight is 375 g/mol. The molecule has 138 valence electrons. The summed E-state index contributed by atoms with van der Waals surface area (Å²) in [5.41, 5.74) is 0.608. The van der Waals surface area contributed by atoms with Crippen molar-refractivity contribution in [3.8, 4) is 0 Å². The molecule has 0 bridgehead atoms. The van der Waals surface area contributed by atoms with E-state index in [0.29, 0.717) is 12.2 Å². The Balaban J connectivity index is 2.21. The molecule has 6 nitrogen and oxygen atoms in total. The number of anilines is 1. The quantitative estimate of drug-likeness (QED) is 0.725. The molecule has 0 radical (unpaired) electrons. The van der Waals surface area contributed by atoms with Crippen LogP contribution in [0.1, 0.15) is 24.2 Å². The van der Waals surface area contributed by atoms with Gasteiger partial charge in [-0.1, -0.05) is 30.3 Å². The summed E-state index contributed by atoms with van der Waals surface area (Å²) in [6.07, 6.45) is -0.0441. The first-order chi connectivity index (χ1) is 12.3. The van der Waals surface area contributed by atoms with Gasteiger partial charge in [0.2, 0.25) is 0 Å². The highest BCUT2D eigenvalue weighted by Gasteiger charge is 2.26. The number of carbonyl (C=O) groups is 2. The Bertz CT molecular complexity index is 893. The number of hydrogen-bond acceptors (Lipinski definition) is 5. The number of para-hydroxylation sites is 1. The average Bonchev–Trinajstić information content (AvgIpc) is 2.62. The predicted molar refractivity (Wildman–Crippen MR) is 98.9 cm³/mol. The summed E-state index contributed by atoms with van der Waals surface area (Å²) in [7, 11) is -3.59. The van der Waals surface area contributed by atoms with Crippen molar-refractivity contribution in [1.82, 2.24) is 0 Å². The van der Waals surface area contributed by atoms with E-state index < -0.39 is 21.9 Å². The molecule has 2 aromatic rings. The van der Waals surface area contributed by atoms with E-state index in [9.17, 15) is 18.0 Å². The van der Waals surface area contributed by atoms with Crippen LogP contribution in [0.15, 0.2) is 59.5 Å². The van der Waals surface area contributed by atoms with Crippen LogP contribution in [0, 0.1) is 0 Å². The SMILES string of the molecule is CCN(C(=O)[C@H](C)OC(=O)c1ccccc1S(C)(=O)=O)c1ccccc1. The van der Waals surface area contributed by atoms with Gasteiger partial charge in [0.25, 0.3) is 5.91 Å². The van der Waals surface area contributed by atoms with E-state index in [1.165, 1.54) is 30.0 Å². The van der Waals surface area contributed by atoms with E-state index >= 15 is 0 Å². The highest BCUT2D eigenvalue weighted by molar-refractivity contribution is 7.90. The Hall–Kier alpha value is -2.67. The van der Waals surface area contributed by atoms with Gasteiger partial charge in [-0.2, -0.15) is 0 Å². The van der Waals surface area contributed by atoms with Crippen molar-refractivity contribution in [2.75, 3.05) is 17.7 Å². The van der Waals surface area contributed by atoms with Crippen molar-refractivity contribution in [1.29, 1.82) is 0 Å². The molecule has 0 fully saturated rings. The molecule has 1 amide bonds. The van der Waals surface area contributed by atoms with E-state index in [1.807, 2.05) is 25.1 Å². The third-order valence-electron chi connectivity index (χ3n) is 3.79. The molecule has 2 aromatic carbocycles. The molecule has 0 spiro atoms. The number of carbonyl (C=O) groups excluding carboxylic acids is 2. The number of amides is 1. The summed E-state index contributed by atoms with van der Waals surface area (Å²) in [4.78, 5) is 26.4. The molecule has 1 atom stereocenters. The molecule has 7 heteroatoms. The molecular weight excluding hydrogens is 354 g/mol. The lowest BCUT2D eigenvalue weighted by atomic mass is 10.2. The van der Waals surface area contributed by atoms with Gasteiger partial charge in [0, 0.05) is 18.5 Å². The van der Waals surface area contributed by atoms with E-state index in [-0.39, 0.29) is 16.4 Å². The van der Waals surface area contributed by atoms with Crippen LogP contribution in [0.4, 0.5) is 5.69 Å². The van der Waals surface area contributed by atoms with Crippen molar-refractivity contribution in [3.05, 3.63) is 60.2 Å². The van der Waals surface area contributed by atoms with Gasteiger partial charge in [-0.25, -0.2) is 13.2 Å². The minimum absolute atomic E-state index is 0.0857. The lowest BCUT2D eigenvalue weighted by Gasteiger charge is -2.24. The molecule has 0 heterocycles. The Morgan fingerprint density at radius 1 is 1.04 bits per heavy atom. The molecule has 0 saturated carbocycles. The fraction of sp³-hybridized carbons (Fsp3) is 0.263. The normalized spacial score (nSPS) is 12.3. The topological polar surface area (TPSA) is 80.8 Å². The number of rotatable bonds is 6. The molecule has 0 aliphatic carbocycles. The zero-order valence-corrected chi connectivity index (χ0v) is 15.7. The summed E-state index contributed by atoms with van der Waals surface area (Å²) in [6, 6.07) is 14.8. The van der Waals surface area contributed by atoms with Crippen LogP contribution in [0.3, 0.4) is 0 Å². The maximum atomic E-state index is 12.7. The number of likely N-dealkylation sites (N-methyl/N-ethyl adjacent to an activating group) is 1. The number of ether oxygens (including phenoxy) is 1. The van der Waals surface area contributed by atoms with Crippen LogP contribution in [0.25, 0.3) is 0 Å². The predicted octanol–water partition coefficient (Wildman–Crippen LogP) is 2.69. The maximum Gasteiger partial charge on any atom is 0.340 e. The van der Waals surface area contributed by atoms with Crippen molar-refractivity contribution in [2.45, 2.75) is 24.8 Å². The van der Waals surface area contributed by atoms with Crippen LogP contribution >= 0.6 is 0 Å². The Labute approximate surface area is 153 Å². The summed E-state index contributed by atoms with van der Waals surface area (Å²) in [5, 5.41) is 0. The maximum absolute atomic E-state index is 12.7. The fourth-order valence-corrected chi connectivity index (χ4v) is 3.40. The van der Waals surface area contributed by atoms with Crippen LogP contribution in [0.2, 0.25) is 0 Å². The second-order valence-electron chi connectivity index (χ2n) is 5.73. The number of benzene rings is 2. The Morgan fingerprint density at radius 3 is 2.19 bits per heavy atom. The van der Waals surface area contributed by atoms with E-state index in [4.69, 9.17) is 4.74 Å². The smallest absolute Gasteiger partial charge is 0.340 e. The van der Waals surface area contributed by atoms with Crippen LogP contribution in [-0.4, -0.2) is 39.2 Å². The van der Waals surface area contributed by atoms with E-state index in [2.05, 4.69) is 0 Å². The largest absolute Gasteiger partial charge is 0.449 e. The Kier molecular flexibility index (Phi) is 6.15. The standard InChI is InChI=1S/C19H21NO5S/c1-4-20(15-10-6-5-7-11-15)18(21)14(2)25-19(22)16-12-8-9-13-17(16)26(3,23)24/h5-14H,4H2,1-3H3/t14-/m0/s1. The van der Waals surface area contributed by atoms with Crippen molar-refractivity contribution < 1.29 is 22.7 Å². The van der Waals surface area contributed by atoms with Gasteiger partial charge in [-0.05, 0) is 38.1 Å². The van der Waals surface area contributed by atoms with Gasteiger partial charge < -0.3 is 9.64 Å². The zero-order valence-electron chi connectivity index (χ0n) is 14.9. The molecule has 0 unspecified atom stereocenters. The fourth-order valence-electron chi connectivity index (χ4n) is 2.53. The molecule has 26 heavy (non-hydrogen) atoms. The number of sulfone groups is 1. The minimum Gasteiger partial charge on any atom is -0.449 e. The van der Waals surface area contributed by atoms with Crippen molar-refractivity contribution in [2.24, 2.45) is 0 Å². The Morgan fingerprint density at radius 2 is 1.62 bits per heavy atom. The van der Waals surface area contributed by atoms with E-state index in [1.54, 1.807) is 18.2 Å². The lowest BCUT2D eigenvalue weighted by molar-refractivity contribution is -0.126. The first-order valence-electron chi connectivity index (χ1n) is 8.12. The molecule has 2 rings (SSSR count). The van der Waals surface area contributed by atoms with Gasteiger partial charge in [0.05, 0.1) is 10.5 Å².